The van der Waals surface area contributed by atoms with Gasteiger partial charge in [0.1, 0.15) is 48.5 Å². The van der Waals surface area contributed by atoms with E-state index in [1.807, 2.05) is 0 Å². The summed E-state index contributed by atoms with van der Waals surface area (Å²) in [6, 6.07) is 0. The van der Waals surface area contributed by atoms with Crippen LogP contribution in [0.1, 0.15) is 6.23 Å². The van der Waals surface area contributed by atoms with E-state index in [1.54, 1.807) is 0 Å². The van der Waals surface area contributed by atoms with Gasteiger partial charge in [-0.2, -0.15) is 4.31 Å². The van der Waals surface area contributed by atoms with Gasteiger partial charge in [-0.1, -0.05) is 0 Å². The van der Waals surface area contributed by atoms with Gasteiger partial charge >= 0.3 is 23.5 Å². The summed E-state index contributed by atoms with van der Waals surface area (Å²) in [5.41, 5.74) is 5.79. The molecule has 2 aliphatic rings. The van der Waals surface area contributed by atoms with Crippen molar-refractivity contribution in [1.82, 2.24) is 19.5 Å². The number of nitrogen functional groups attached to an aromatic ring is 1. The highest BCUT2D eigenvalue weighted by Crippen LogP contribution is 2.61. The predicted molar refractivity (Wildman–Crippen MR) is 122 cm³/mol. The molecule has 10 unspecified atom stereocenters. The summed E-state index contributed by atoms with van der Waals surface area (Å²) in [4.78, 5) is 50.0. The topological polar surface area (TPSA) is 338 Å². The molecule has 10 atom stereocenters. The lowest BCUT2D eigenvalue weighted by atomic mass is 10.1. The monoisotopic (exact) mass is 639 g/mol. The fourth-order valence-corrected chi connectivity index (χ4v) is 6.54. The molecule has 0 amide bonds. The molecule has 0 saturated carbocycles. The minimum absolute atomic E-state index is 0.00462. The maximum atomic E-state index is 12.3. The smallest absolute Gasteiger partial charge is 0.394 e. The van der Waals surface area contributed by atoms with Gasteiger partial charge in [-0.25, -0.2) is 28.6 Å². The number of fused-ring (bicyclic) bond motifs is 1. The number of nitrogens with zero attached hydrogens (tertiary/aromatic N) is 4. The number of aromatic nitrogens is 4. The Labute approximate surface area is 222 Å². The van der Waals surface area contributed by atoms with Crippen LogP contribution in [0.2, 0.25) is 0 Å². The van der Waals surface area contributed by atoms with Crippen LogP contribution in [0.15, 0.2) is 12.7 Å². The molecule has 4 rings (SSSR count). The van der Waals surface area contributed by atoms with Gasteiger partial charge in [0.25, 0.3) is 0 Å². The molecular formula is C15H24N5O17P3. The fourth-order valence-electron chi connectivity index (χ4n) is 3.83. The lowest BCUT2D eigenvalue weighted by Gasteiger charge is -2.22. The summed E-state index contributed by atoms with van der Waals surface area (Å²) in [5.74, 6) is -0.0550. The van der Waals surface area contributed by atoms with Crippen LogP contribution in [0.4, 0.5) is 5.82 Å². The number of hydrogen-bond acceptors (Lipinski definition) is 17. The highest BCUT2D eigenvalue weighted by Gasteiger charge is 2.51. The third kappa shape index (κ3) is 6.92. The van der Waals surface area contributed by atoms with Crippen molar-refractivity contribution in [2.24, 2.45) is 0 Å². The maximum absolute atomic E-state index is 12.3. The van der Waals surface area contributed by atoms with Crippen LogP contribution < -0.4 is 5.73 Å². The average Bonchev–Trinajstić information content (AvgIpc) is 3.47. The Balaban J connectivity index is 1.46. The Morgan fingerprint density at radius 2 is 1.62 bits per heavy atom. The molecular weight excluding hydrogens is 615 g/mol. The number of aliphatic hydroxyl groups excluding tert-OH is 4. The standard InChI is InChI=1S/C15H24N5O17P3/c16-12-7-13(18-3-17-12)20(4-19-7)14-11(35-38(25,26)27)9(23)6(33-14)2-32-39(28,29)37-40(30,31)36-15-10(24)8(22)5(1-21)34-15/h3-6,8-11,14-15,21-24H,1-2H2,(H,28,29)(H,30,31)(H2,16,17,18)(H2,25,26,27). The van der Waals surface area contributed by atoms with E-state index in [0.29, 0.717) is 0 Å². The van der Waals surface area contributed by atoms with Crippen molar-refractivity contribution < 1.29 is 81.1 Å². The number of nitrogens with two attached hydrogens (primary N) is 1. The van der Waals surface area contributed by atoms with E-state index in [-0.39, 0.29) is 17.0 Å². The van der Waals surface area contributed by atoms with Crippen molar-refractivity contribution in [1.29, 1.82) is 0 Å². The Bertz CT molecular complexity index is 1360. The van der Waals surface area contributed by atoms with E-state index in [4.69, 9.17) is 20.3 Å². The molecule has 2 saturated heterocycles. The van der Waals surface area contributed by atoms with Gasteiger partial charge in [-0.05, 0) is 0 Å². The van der Waals surface area contributed by atoms with E-state index in [1.165, 1.54) is 0 Å². The van der Waals surface area contributed by atoms with Crippen molar-refractivity contribution >= 4 is 40.4 Å². The van der Waals surface area contributed by atoms with E-state index in [2.05, 4.69) is 32.8 Å². The number of phosphoric ester groups is 3. The van der Waals surface area contributed by atoms with Gasteiger partial charge in [0.15, 0.2) is 24.0 Å². The summed E-state index contributed by atoms with van der Waals surface area (Å²) < 4.78 is 65.3. The molecule has 2 fully saturated rings. The number of ether oxygens (including phenoxy) is 2. The molecule has 0 spiro atoms. The lowest BCUT2D eigenvalue weighted by molar-refractivity contribution is -0.125. The molecule has 0 aromatic carbocycles. The highest BCUT2D eigenvalue weighted by atomic mass is 31.3. The third-order valence-electron chi connectivity index (χ3n) is 5.58. The first kappa shape index (κ1) is 31.4. The van der Waals surface area contributed by atoms with Gasteiger partial charge in [0.05, 0.1) is 19.5 Å². The summed E-state index contributed by atoms with van der Waals surface area (Å²) in [7, 11) is -16.3. The summed E-state index contributed by atoms with van der Waals surface area (Å²) >= 11 is 0. The first-order valence-electron chi connectivity index (χ1n) is 10.8. The van der Waals surface area contributed by atoms with Crippen LogP contribution in [0.3, 0.4) is 0 Å². The van der Waals surface area contributed by atoms with E-state index < -0.39 is 85.8 Å². The molecule has 0 bridgehead atoms. The molecule has 10 N–H and O–H groups in total. The van der Waals surface area contributed by atoms with Gasteiger partial charge in [-0.15, -0.1) is 0 Å². The highest BCUT2D eigenvalue weighted by molar-refractivity contribution is 7.61. The van der Waals surface area contributed by atoms with Crippen molar-refractivity contribution in [2.45, 2.75) is 49.1 Å². The van der Waals surface area contributed by atoms with E-state index >= 15 is 0 Å². The minimum Gasteiger partial charge on any atom is -0.394 e. The predicted octanol–water partition coefficient (Wildman–Crippen LogP) is -3.17. The number of aliphatic hydroxyl groups is 4. The van der Waals surface area contributed by atoms with Crippen molar-refractivity contribution in [2.75, 3.05) is 18.9 Å². The Kier molecular flexibility index (Phi) is 9.14. The van der Waals surface area contributed by atoms with Crippen LogP contribution in [0.5, 0.6) is 0 Å². The second-order valence-corrected chi connectivity index (χ2v) is 12.5. The molecule has 2 aromatic rings. The van der Waals surface area contributed by atoms with E-state index in [9.17, 15) is 48.6 Å². The first-order valence-corrected chi connectivity index (χ1v) is 15.4. The van der Waals surface area contributed by atoms with Crippen LogP contribution >= 0.6 is 23.5 Å². The fraction of sp³-hybridized carbons (Fsp3) is 0.667. The second kappa shape index (κ2) is 11.6. The molecule has 0 aliphatic carbocycles. The number of anilines is 1. The third-order valence-corrected chi connectivity index (χ3v) is 8.70. The molecule has 40 heavy (non-hydrogen) atoms. The lowest BCUT2D eigenvalue weighted by Crippen LogP contribution is -2.35. The number of imidazole rings is 1. The summed E-state index contributed by atoms with van der Waals surface area (Å²) in [5, 5.41) is 39.2. The normalized spacial score (nSPS) is 34.2. The van der Waals surface area contributed by atoms with Crippen LogP contribution in [0.25, 0.3) is 11.2 Å². The van der Waals surface area contributed by atoms with Crippen molar-refractivity contribution in [3.8, 4) is 0 Å². The molecule has 2 aromatic heterocycles. The number of rotatable bonds is 11. The molecule has 0 radical (unpaired) electrons. The molecule has 4 heterocycles. The number of hydrogen-bond donors (Lipinski definition) is 9. The van der Waals surface area contributed by atoms with Gasteiger partial charge in [0.2, 0.25) is 0 Å². The molecule has 25 heteroatoms. The van der Waals surface area contributed by atoms with Gasteiger partial charge in [0, 0.05) is 0 Å². The van der Waals surface area contributed by atoms with Crippen LogP contribution in [-0.2, 0) is 41.1 Å². The zero-order valence-corrected chi connectivity index (χ0v) is 22.3. The SMILES string of the molecule is Nc1ncnc2c1ncn2C1OC(COP(=O)(O)OP(=O)(O)OC2OC(CO)C(O)C2O)C(O)C1OP(=O)(O)O. The zero-order chi connectivity index (χ0) is 29.6. The summed E-state index contributed by atoms with van der Waals surface area (Å²) in [6.07, 6.45) is -12.0. The summed E-state index contributed by atoms with van der Waals surface area (Å²) in [6.45, 7) is -1.88. The van der Waals surface area contributed by atoms with E-state index in [0.717, 1.165) is 17.2 Å². The molecule has 22 nitrogen and oxygen atoms in total. The molecule has 2 aliphatic heterocycles. The van der Waals surface area contributed by atoms with Gasteiger partial charge < -0.3 is 55.2 Å². The van der Waals surface area contributed by atoms with Crippen LogP contribution in [0, 0.1) is 0 Å². The first-order chi connectivity index (χ1) is 18.5. The Morgan fingerprint density at radius 3 is 2.25 bits per heavy atom. The van der Waals surface area contributed by atoms with Crippen molar-refractivity contribution in [3.63, 3.8) is 0 Å². The Morgan fingerprint density at radius 1 is 0.925 bits per heavy atom. The maximum Gasteiger partial charge on any atom is 0.483 e. The van der Waals surface area contributed by atoms with Crippen molar-refractivity contribution in [3.05, 3.63) is 12.7 Å². The molecule has 226 valence electrons. The number of phosphoric acid groups is 3. The Hall–Kier alpha value is -1.52. The van der Waals surface area contributed by atoms with Crippen LogP contribution in [-0.4, -0.2) is 116 Å². The second-order valence-electron chi connectivity index (χ2n) is 8.33. The average molecular weight is 639 g/mol. The largest absolute Gasteiger partial charge is 0.483 e. The quantitative estimate of drug-likeness (QED) is 0.109. The zero-order valence-electron chi connectivity index (χ0n) is 19.6. The van der Waals surface area contributed by atoms with Gasteiger partial charge in [-0.3, -0.25) is 18.1 Å². The minimum atomic E-state index is -5.55.